The summed E-state index contributed by atoms with van der Waals surface area (Å²) in [5.74, 6) is 0.0772. The van der Waals surface area contributed by atoms with Crippen molar-refractivity contribution in [2.24, 2.45) is 5.41 Å². The fourth-order valence-electron chi connectivity index (χ4n) is 4.56. The maximum Gasteiger partial charge on any atom is 0.289 e. The highest BCUT2D eigenvalue weighted by atomic mass is 16.5. The van der Waals surface area contributed by atoms with E-state index >= 15 is 0 Å². The Morgan fingerprint density at radius 3 is 2.93 bits per heavy atom. The number of furan rings is 1. The van der Waals surface area contributed by atoms with Crippen LogP contribution in [-0.2, 0) is 9.53 Å². The van der Waals surface area contributed by atoms with E-state index in [0.29, 0.717) is 45.0 Å². The molecule has 2 fully saturated rings. The van der Waals surface area contributed by atoms with Crippen molar-refractivity contribution in [3.8, 4) is 0 Å². The van der Waals surface area contributed by atoms with E-state index in [0.717, 1.165) is 5.69 Å². The number of hydrogen-bond acceptors (Lipinski definition) is 5. The Labute approximate surface area is 170 Å². The molecule has 1 spiro atoms. The number of likely N-dealkylation sites (tertiary alicyclic amines) is 2. The molecule has 2 aliphatic heterocycles. The summed E-state index contributed by atoms with van der Waals surface area (Å²) in [7, 11) is 1.64. The summed E-state index contributed by atoms with van der Waals surface area (Å²) < 4.78 is 12.5. The van der Waals surface area contributed by atoms with Gasteiger partial charge in [-0.15, -0.1) is 0 Å². The number of ether oxygens (including phenoxy) is 1. The molecule has 0 saturated carbocycles. The van der Waals surface area contributed by atoms with E-state index in [9.17, 15) is 9.59 Å². The van der Waals surface area contributed by atoms with E-state index in [1.807, 2.05) is 22.0 Å². The average molecular weight is 400 g/mol. The highest BCUT2D eigenvalue weighted by Crippen LogP contribution is 2.49. The van der Waals surface area contributed by atoms with Gasteiger partial charge in [0.15, 0.2) is 5.76 Å². The summed E-state index contributed by atoms with van der Waals surface area (Å²) in [6, 6.07) is 3.65. The van der Waals surface area contributed by atoms with Gasteiger partial charge in [0.05, 0.1) is 30.3 Å². The van der Waals surface area contributed by atoms with Crippen LogP contribution in [0.25, 0.3) is 0 Å². The van der Waals surface area contributed by atoms with Gasteiger partial charge >= 0.3 is 0 Å². The lowest BCUT2D eigenvalue weighted by Crippen LogP contribution is -2.41. The van der Waals surface area contributed by atoms with Crippen molar-refractivity contribution >= 4 is 11.8 Å². The molecule has 0 aromatic carbocycles. The van der Waals surface area contributed by atoms with E-state index in [4.69, 9.17) is 9.15 Å². The number of hydrogen-bond donors (Lipinski definition) is 0. The second-order valence-electron chi connectivity index (χ2n) is 8.25. The standard InChI is InChI=1S/C21H28N4O4/c1-15(2)25-12-17(22-14-25)16-11-24(19(26)18-5-4-9-29-18)13-21(16)6-7-23(20(21)27)8-10-28-3/h4-5,9,12,14-16H,6-8,10-11,13H2,1-3H3/t16-,21-/m0/s1. The van der Waals surface area contributed by atoms with Crippen LogP contribution in [0.2, 0.25) is 0 Å². The quantitative estimate of drug-likeness (QED) is 0.742. The lowest BCUT2D eigenvalue weighted by Gasteiger charge is -2.27. The van der Waals surface area contributed by atoms with Crippen molar-refractivity contribution in [3.05, 3.63) is 42.4 Å². The molecule has 2 aromatic heterocycles. The Hall–Kier alpha value is -2.61. The summed E-state index contributed by atoms with van der Waals surface area (Å²) in [5.41, 5.74) is 0.224. The van der Waals surface area contributed by atoms with Gasteiger partial charge in [0.2, 0.25) is 5.91 Å². The van der Waals surface area contributed by atoms with Gasteiger partial charge in [0.25, 0.3) is 5.91 Å². The molecule has 4 heterocycles. The van der Waals surface area contributed by atoms with E-state index < -0.39 is 5.41 Å². The highest BCUT2D eigenvalue weighted by molar-refractivity contribution is 5.94. The lowest BCUT2D eigenvalue weighted by atomic mass is 9.75. The monoisotopic (exact) mass is 400 g/mol. The Morgan fingerprint density at radius 1 is 1.45 bits per heavy atom. The predicted octanol–water partition coefficient (Wildman–Crippen LogP) is 2.16. The van der Waals surface area contributed by atoms with Crippen molar-refractivity contribution in [2.75, 3.05) is 39.9 Å². The number of imidazole rings is 1. The largest absolute Gasteiger partial charge is 0.459 e. The van der Waals surface area contributed by atoms with Gasteiger partial charge in [-0.25, -0.2) is 4.98 Å². The van der Waals surface area contributed by atoms with E-state index in [-0.39, 0.29) is 23.8 Å². The van der Waals surface area contributed by atoms with Crippen molar-refractivity contribution < 1.29 is 18.7 Å². The zero-order valence-corrected chi connectivity index (χ0v) is 17.2. The number of amides is 2. The maximum atomic E-state index is 13.5. The van der Waals surface area contributed by atoms with Gasteiger partial charge in [0, 0.05) is 51.4 Å². The number of methoxy groups -OCH3 is 1. The second-order valence-corrected chi connectivity index (χ2v) is 8.25. The molecule has 0 N–H and O–H groups in total. The molecule has 2 saturated heterocycles. The Balaban J connectivity index is 1.66. The summed E-state index contributed by atoms with van der Waals surface area (Å²) >= 11 is 0. The molecule has 0 bridgehead atoms. The minimum absolute atomic E-state index is 0.0911. The normalized spacial score (nSPS) is 24.4. The molecule has 2 atom stereocenters. The first-order chi connectivity index (χ1) is 14.0. The molecule has 4 rings (SSSR count). The van der Waals surface area contributed by atoms with Gasteiger partial charge in [-0.3, -0.25) is 9.59 Å². The van der Waals surface area contributed by atoms with Crippen molar-refractivity contribution in [1.82, 2.24) is 19.4 Å². The molecule has 29 heavy (non-hydrogen) atoms. The van der Waals surface area contributed by atoms with Crippen molar-refractivity contribution in [3.63, 3.8) is 0 Å². The fraction of sp³-hybridized carbons (Fsp3) is 0.571. The molecule has 2 amide bonds. The van der Waals surface area contributed by atoms with Crippen LogP contribution >= 0.6 is 0 Å². The molecule has 8 heteroatoms. The van der Waals surface area contributed by atoms with Gasteiger partial charge in [-0.1, -0.05) is 0 Å². The number of aromatic nitrogens is 2. The van der Waals surface area contributed by atoms with Crippen LogP contribution in [0.15, 0.2) is 35.3 Å². The SMILES string of the molecule is COCCN1CC[C@@]2(CN(C(=O)c3ccco3)C[C@H]2c2cn(C(C)C)cn2)C1=O. The lowest BCUT2D eigenvalue weighted by molar-refractivity contribution is -0.136. The van der Waals surface area contributed by atoms with E-state index in [1.165, 1.54) is 6.26 Å². The Bertz CT molecular complexity index is 875. The van der Waals surface area contributed by atoms with Crippen LogP contribution in [0.3, 0.4) is 0 Å². The van der Waals surface area contributed by atoms with Crippen LogP contribution in [0, 0.1) is 5.41 Å². The van der Waals surface area contributed by atoms with E-state index in [2.05, 4.69) is 18.8 Å². The van der Waals surface area contributed by atoms with Crippen LogP contribution in [0.5, 0.6) is 0 Å². The van der Waals surface area contributed by atoms with Crippen molar-refractivity contribution in [2.45, 2.75) is 32.2 Å². The fourth-order valence-corrected chi connectivity index (χ4v) is 4.56. The molecule has 156 valence electrons. The summed E-state index contributed by atoms with van der Waals surface area (Å²) in [6.07, 6.45) is 6.03. The third kappa shape index (κ3) is 3.35. The predicted molar refractivity (Wildman–Crippen MR) is 105 cm³/mol. The third-order valence-electron chi connectivity index (χ3n) is 6.24. The van der Waals surface area contributed by atoms with Gasteiger partial charge in [-0.2, -0.15) is 0 Å². The minimum Gasteiger partial charge on any atom is -0.459 e. The molecule has 0 radical (unpaired) electrons. The number of rotatable bonds is 6. The zero-order valence-electron chi connectivity index (χ0n) is 17.2. The van der Waals surface area contributed by atoms with Crippen LogP contribution < -0.4 is 0 Å². The number of carbonyl (C=O) groups is 2. The summed E-state index contributed by atoms with van der Waals surface area (Å²) in [5, 5.41) is 0. The zero-order chi connectivity index (χ0) is 20.6. The Morgan fingerprint density at radius 2 is 2.28 bits per heavy atom. The molecule has 2 aromatic rings. The summed E-state index contributed by atoms with van der Waals surface area (Å²) in [6.45, 7) is 6.77. The molecule has 0 aliphatic carbocycles. The first kappa shape index (κ1) is 19.7. The first-order valence-electron chi connectivity index (χ1n) is 10.1. The molecule has 0 unspecified atom stereocenters. The number of carbonyl (C=O) groups excluding carboxylic acids is 2. The first-order valence-corrected chi connectivity index (χ1v) is 10.1. The number of nitrogens with zero attached hydrogens (tertiary/aromatic N) is 4. The summed E-state index contributed by atoms with van der Waals surface area (Å²) in [4.78, 5) is 34.7. The van der Waals surface area contributed by atoms with Gasteiger partial charge in [-0.05, 0) is 32.4 Å². The van der Waals surface area contributed by atoms with Crippen LogP contribution in [0.1, 0.15) is 48.5 Å². The second kappa shape index (κ2) is 7.67. The van der Waals surface area contributed by atoms with Gasteiger partial charge in [0.1, 0.15) is 0 Å². The minimum atomic E-state index is -0.647. The molecule has 2 aliphatic rings. The Kier molecular flexibility index (Phi) is 5.21. The van der Waals surface area contributed by atoms with Crippen molar-refractivity contribution in [1.29, 1.82) is 0 Å². The molecule has 8 nitrogen and oxygen atoms in total. The molecular weight excluding hydrogens is 372 g/mol. The topological polar surface area (TPSA) is 80.8 Å². The van der Waals surface area contributed by atoms with Gasteiger partial charge < -0.3 is 23.5 Å². The van der Waals surface area contributed by atoms with Crippen LogP contribution in [-0.4, -0.2) is 71.1 Å². The average Bonchev–Trinajstić information content (AvgIpc) is 3.49. The smallest absolute Gasteiger partial charge is 0.289 e. The van der Waals surface area contributed by atoms with Crippen LogP contribution in [0.4, 0.5) is 0 Å². The maximum absolute atomic E-state index is 13.5. The van der Waals surface area contributed by atoms with E-state index in [1.54, 1.807) is 24.1 Å². The highest BCUT2D eigenvalue weighted by Gasteiger charge is 2.58. The third-order valence-corrected chi connectivity index (χ3v) is 6.24. The molecular formula is C21H28N4O4.